The lowest BCUT2D eigenvalue weighted by Gasteiger charge is -2.27. The minimum atomic E-state index is -4.67. The first-order valence-corrected chi connectivity index (χ1v) is 6.39. The highest BCUT2D eigenvalue weighted by Crippen LogP contribution is 2.43. The maximum Gasteiger partial charge on any atom is 0.573 e. The number of benzene rings is 1. The van der Waals surface area contributed by atoms with E-state index in [9.17, 15) is 18.3 Å². The van der Waals surface area contributed by atoms with Gasteiger partial charge in [-0.1, -0.05) is 19.1 Å². The van der Waals surface area contributed by atoms with Gasteiger partial charge >= 0.3 is 6.36 Å². The minimum absolute atomic E-state index is 0.234. The van der Waals surface area contributed by atoms with E-state index < -0.39 is 12.0 Å². The minimum Gasteiger partial charge on any atom is -0.406 e. The zero-order chi connectivity index (χ0) is 14.1. The van der Waals surface area contributed by atoms with Gasteiger partial charge in [-0.2, -0.15) is 0 Å². The van der Waals surface area contributed by atoms with Crippen molar-refractivity contribution in [1.82, 2.24) is 0 Å². The molecule has 1 aromatic carbocycles. The second-order valence-corrected chi connectivity index (χ2v) is 5.10. The van der Waals surface area contributed by atoms with Crippen molar-refractivity contribution in [2.45, 2.75) is 44.6 Å². The average molecular weight is 274 g/mol. The molecule has 1 aliphatic rings. The molecule has 1 aliphatic carbocycles. The van der Waals surface area contributed by atoms with E-state index >= 15 is 0 Å². The Balaban J connectivity index is 2.02. The summed E-state index contributed by atoms with van der Waals surface area (Å²) in [6.07, 6.45) is -1.49. The molecular formula is C14H17F3O2. The Kier molecular flexibility index (Phi) is 3.76. The first-order valence-electron chi connectivity index (χ1n) is 6.39. The Hall–Kier alpha value is -1.23. The van der Waals surface area contributed by atoms with Gasteiger partial charge in [-0.15, -0.1) is 13.2 Å². The zero-order valence-electron chi connectivity index (χ0n) is 10.7. The quantitative estimate of drug-likeness (QED) is 0.887. The molecule has 1 aromatic rings. The lowest BCUT2D eigenvalue weighted by molar-refractivity contribution is -0.274. The van der Waals surface area contributed by atoms with Crippen LogP contribution in [0.2, 0.25) is 0 Å². The fraction of sp³-hybridized carbons (Fsp3) is 0.571. The van der Waals surface area contributed by atoms with Gasteiger partial charge in [-0.25, -0.2) is 0 Å². The first-order chi connectivity index (χ1) is 8.82. The smallest absolute Gasteiger partial charge is 0.406 e. The van der Waals surface area contributed by atoms with E-state index in [0.29, 0.717) is 18.8 Å². The number of alkyl halides is 3. The first kappa shape index (κ1) is 14.2. The molecule has 0 aromatic heterocycles. The summed E-state index contributed by atoms with van der Waals surface area (Å²) in [4.78, 5) is 0. The summed E-state index contributed by atoms with van der Waals surface area (Å²) < 4.78 is 39.9. The van der Waals surface area contributed by atoms with Crippen LogP contribution in [-0.2, 0) is 6.42 Å². The van der Waals surface area contributed by atoms with Gasteiger partial charge in [0.2, 0.25) is 0 Å². The second kappa shape index (κ2) is 5.04. The van der Waals surface area contributed by atoms with E-state index in [2.05, 4.69) is 4.74 Å². The third-order valence-electron chi connectivity index (χ3n) is 3.62. The van der Waals surface area contributed by atoms with Crippen molar-refractivity contribution in [2.24, 2.45) is 5.92 Å². The average Bonchev–Trinajstić information content (AvgIpc) is 3.14. The number of aliphatic hydroxyl groups is 1. The monoisotopic (exact) mass is 274 g/mol. The van der Waals surface area contributed by atoms with Crippen molar-refractivity contribution in [3.8, 4) is 5.75 Å². The van der Waals surface area contributed by atoms with Crippen molar-refractivity contribution in [3.63, 3.8) is 0 Å². The molecule has 0 saturated heterocycles. The highest BCUT2D eigenvalue weighted by molar-refractivity contribution is 5.28. The van der Waals surface area contributed by atoms with Gasteiger partial charge in [-0.05, 0) is 42.9 Å². The van der Waals surface area contributed by atoms with E-state index in [0.717, 1.165) is 18.4 Å². The number of rotatable bonds is 5. The zero-order valence-corrected chi connectivity index (χ0v) is 10.7. The third kappa shape index (κ3) is 3.86. The predicted molar refractivity (Wildman–Crippen MR) is 64.8 cm³/mol. The maximum atomic E-state index is 12.0. The van der Waals surface area contributed by atoms with Crippen LogP contribution in [0.4, 0.5) is 13.2 Å². The molecule has 0 radical (unpaired) electrons. The largest absolute Gasteiger partial charge is 0.573 e. The summed E-state index contributed by atoms with van der Waals surface area (Å²) in [7, 11) is 0. The van der Waals surface area contributed by atoms with Crippen LogP contribution in [0, 0.1) is 5.92 Å². The van der Waals surface area contributed by atoms with Crippen LogP contribution in [0.15, 0.2) is 24.3 Å². The molecule has 1 atom stereocenters. The third-order valence-corrected chi connectivity index (χ3v) is 3.62. The van der Waals surface area contributed by atoms with Crippen molar-refractivity contribution >= 4 is 0 Å². The normalized spacial score (nSPS) is 19.0. The molecule has 0 spiro atoms. The summed E-state index contributed by atoms with van der Waals surface area (Å²) in [5.74, 6) is 0.0892. The molecule has 106 valence electrons. The van der Waals surface area contributed by atoms with Crippen molar-refractivity contribution in [2.75, 3.05) is 0 Å². The van der Waals surface area contributed by atoms with Crippen LogP contribution < -0.4 is 4.74 Å². The van der Waals surface area contributed by atoms with Crippen LogP contribution >= 0.6 is 0 Å². The molecule has 1 fully saturated rings. The lowest BCUT2D eigenvalue weighted by atomic mass is 9.87. The number of hydrogen-bond donors (Lipinski definition) is 1. The van der Waals surface area contributed by atoms with E-state index in [1.54, 1.807) is 12.1 Å². The fourth-order valence-corrected chi connectivity index (χ4v) is 2.34. The van der Waals surface area contributed by atoms with Crippen LogP contribution in [0.1, 0.15) is 31.7 Å². The molecule has 2 nitrogen and oxygen atoms in total. The summed E-state index contributed by atoms with van der Waals surface area (Å²) in [6, 6.07) is 5.71. The summed E-state index contributed by atoms with van der Waals surface area (Å²) >= 11 is 0. The topological polar surface area (TPSA) is 29.5 Å². The van der Waals surface area contributed by atoms with Crippen LogP contribution in [-0.4, -0.2) is 17.1 Å². The predicted octanol–water partition coefficient (Wildman–Crippen LogP) is 3.68. The molecule has 0 heterocycles. The van der Waals surface area contributed by atoms with Crippen molar-refractivity contribution < 1.29 is 23.0 Å². The van der Waals surface area contributed by atoms with Crippen LogP contribution in [0.25, 0.3) is 0 Å². The number of ether oxygens (including phenoxy) is 1. The van der Waals surface area contributed by atoms with Crippen LogP contribution in [0.5, 0.6) is 5.75 Å². The van der Waals surface area contributed by atoms with E-state index in [1.165, 1.54) is 12.1 Å². The maximum absolute atomic E-state index is 12.0. The van der Waals surface area contributed by atoms with Crippen molar-refractivity contribution in [1.29, 1.82) is 0 Å². The van der Waals surface area contributed by atoms with E-state index in [4.69, 9.17) is 0 Å². The number of halogens is 3. The Morgan fingerprint density at radius 3 is 2.21 bits per heavy atom. The molecule has 1 saturated carbocycles. The molecule has 1 N–H and O–H groups in total. The summed E-state index contributed by atoms with van der Waals surface area (Å²) in [5, 5.41) is 10.5. The SMILES string of the molecule is CCC(O)(Cc1ccc(OC(F)(F)F)cc1)C1CC1. The van der Waals surface area contributed by atoms with Crippen LogP contribution in [0.3, 0.4) is 0 Å². The highest BCUT2D eigenvalue weighted by atomic mass is 19.4. The highest BCUT2D eigenvalue weighted by Gasteiger charge is 2.42. The van der Waals surface area contributed by atoms with Gasteiger partial charge in [0.25, 0.3) is 0 Å². The molecule has 0 aliphatic heterocycles. The van der Waals surface area contributed by atoms with Gasteiger partial charge in [-0.3, -0.25) is 0 Å². The number of hydrogen-bond acceptors (Lipinski definition) is 2. The van der Waals surface area contributed by atoms with Gasteiger partial charge < -0.3 is 9.84 Å². The lowest BCUT2D eigenvalue weighted by Crippen LogP contribution is -2.33. The fourth-order valence-electron chi connectivity index (χ4n) is 2.34. The van der Waals surface area contributed by atoms with Gasteiger partial charge in [0.1, 0.15) is 5.75 Å². The molecule has 0 bridgehead atoms. The van der Waals surface area contributed by atoms with Gasteiger partial charge in [0, 0.05) is 6.42 Å². The van der Waals surface area contributed by atoms with E-state index in [1.807, 2.05) is 6.92 Å². The van der Waals surface area contributed by atoms with Gasteiger partial charge in [0.15, 0.2) is 0 Å². The standard InChI is InChI=1S/C14H17F3O2/c1-2-13(18,11-5-6-11)9-10-3-7-12(8-4-10)19-14(15,16)17/h3-4,7-8,11,18H,2,5-6,9H2,1H3. The van der Waals surface area contributed by atoms with Crippen molar-refractivity contribution in [3.05, 3.63) is 29.8 Å². The Labute approximate surface area is 110 Å². The Bertz CT molecular complexity index is 423. The molecule has 0 amide bonds. The Morgan fingerprint density at radius 2 is 1.79 bits per heavy atom. The molecule has 5 heteroatoms. The molecule has 1 unspecified atom stereocenters. The Morgan fingerprint density at radius 1 is 1.21 bits per heavy atom. The summed E-state index contributed by atoms with van der Waals surface area (Å²) in [5.41, 5.74) is 0.0950. The molecule has 2 rings (SSSR count). The van der Waals surface area contributed by atoms with Gasteiger partial charge in [0.05, 0.1) is 5.60 Å². The molecular weight excluding hydrogens is 257 g/mol. The molecule has 19 heavy (non-hydrogen) atoms. The van der Waals surface area contributed by atoms with E-state index in [-0.39, 0.29) is 5.75 Å². The second-order valence-electron chi connectivity index (χ2n) is 5.10. The summed E-state index contributed by atoms with van der Waals surface area (Å²) in [6.45, 7) is 1.93.